The highest BCUT2D eigenvalue weighted by atomic mass is 16.2. The average molecular weight is 338 g/mol. The third kappa shape index (κ3) is 4.20. The van der Waals surface area contributed by atoms with Gasteiger partial charge in [0.1, 0.15) is 6.04 Å². The summed E-state index contributed by atoms with van der Waals surface area (Å²) in [5.41, 5.74) is 1.65. The molecule has 0 spiro atoms. The Balaban J connectivity index is 1.54. The number of hydrogen-bond donors (Lipinski definition) is 3. The van der Waals surface area contributed by atoms with Gasteiger partial charge in [-0.15, -0.1) is 0 Å². The van der Waals surface area contributed by atoms with E-state index in [1.807, 2.05) is 12.1 Å². The molecule has 1 atom stereocenters. The summed E-state index contributed by atoms with van der Waals surface area (Å²) < 4.78 is 0. The Hall–Kier alpha value is -3.22. The van der Waals surface area contributed by atoms with E-state index in [9.17, 15) is 14.4 Å². The first-order valence-electron chi connectivity index (χ1n) is 8.01. The molecule has 0 radical (unpaired) electrons. The van der Waals surface area contributed by atoms with Crippen molar-refractivity contribution in [2.45, 2.75) is 25.4 Å². The van der Waals surface area contributed by atoms with E-state index in [4.69, 9.17) is 0 Å². The van der Waals surface area contributed by atoms with Crippen LogP contribution < -0.4 is 16.0 Å². The number of benzene rings is 1. The number of nitrogens with one attached hydrogen (secondary N) is 3. The van der Waals surface area contributed by atoms with E-state index in [1.165, 1.54) is 0 Å². The fourth-order valence-electron chi connectivity index (χ4n) is 2.57. The Labute approximate surface area is 144 Å². The van der Waals surface area contributed by atoms with E-state index < -0.39 is 6.04 Å². The molecule has 2 aromatic rings. The second-order valence-corrected chi connectivity index (χ2v) is 5.70. The largest absolute Gasteiger partial charge is 0.350 e. The molecule has 25 heavy (non-hydrogen) atoms. The molecule has 3 N–H and O–H groups in total. The fourth-order valence-corrected chi connectivity index (χ4v) is 2.57. The van der Waals surface area contributed by atoms with Gasteiger partial charge in [-0.25, -0.2) is 0 Å². The van der Waals surface area contributed by atoms with Gasteiger partial charge in [0.25, 0.3) is 5.91 Å². The van der Waals surface area contributed by atoms with Crippen molar-refractivity contribution in [3.8, 4) is 0 Å². The Morgan fingerprint density at radius 1 is 1.12 bits per heavy atom. The van der Waals surface area contributed by atoms with Crippen molar-refractivity contribution in [1.82, 2.24) is 15.6 Å². The van der Waals surface area contributed by atoms with E-state index >= 15 is 0 Å². The highest BCUT2D eigenvalue weighted by molar-refractivity contribution is 6.09. The zero-order valence-corrected chi connectivity index (χ0v) is 13.5. The monoisotopic (exact) mass is 338 g/mol. The van der Waals surface area contributed by atoms with Gasteiger partial charge in [-0.3, -0.25) is 19.4 Å². The van der Waals surface area contributed by atoms with Crippen LogP contribution in [0.5, 0.6) is 0 Å². The first-order valence-corrected chi connectivity index (χ1v) is 8.01. The highest BCUT2D eigenvalue weighted by Crippen LogP contribution is 2.19. The van der Waals surface area contributed by atoms with Gasteiger partial charge in [0.05, 0.1) is 23.5 Å². The molecule has 7 nitrogen and oxygen atoms in total. The van der Waals surface area contributed by atoms with E-state index in [0.29, 0.717) is 17.8 Å². The van der Waals surface area contributed by atoms with Crippen molar-refractivity contribution in [2.75, 3.05) is 5.32 Å². The summed E-state index contributed by atoms with van der Waals surface area (Å²) >= 11 is 0. The summed E-state index contributed by atoms with van der Waals surface area (Å²) in [6.45, 7) is 0.328. The van der Waals surface area contributed by atoms with Gasteiger partial charge in [-0.1, -0.05) is 18.2 Å². The minimum atomic E-state index is -0.750. The predicted molar refractivity (Wildman–Crippen MR) is 91.6 cm³/mol. The molecule has 1 aliphatic rings. The van der Waals surface area contributed by atoms with Crippen LogP contribution in [0.4, 0.5) is 5.69 Å². The van der Waals surface area contributed by atoms with Crippen molar-refractivity contribution in [3.05, 3.63) is 59.9 Å². The summed E-state index contributed by atoms with van der Waals surface area (Å²) in [6, 6.07) is 11.5. The number of fused-ring (bicyclic) bond motifs is 1. The molecule has 0 saturated carbocycles. The van der Waals surface area contributed by atoms with Gasteiger partial charge in [-0.2, -0.15) is 0 Å². The Bertz CT molecular complexity index is 792. The van der Waals surface area contributed by atoms with E-state index in [1.54, 1.807) is 36.5 Å². The van der Waals surface area contributed by atoms with Crippen molar-refractivity contribution in [3.63, 3.8) is 0 Å². The molecule has 1 aromatic heterocycles. The van der Waals surface area contributed by atoms with Crippen LogP contribution in [0.3, 0.4) is 0 Å². The third-order valence-electron chi connectivity index (χ3n) is 3.90. The molecular weight excluding hydrogens is 320 g/mol. The van der Waals surface area contributed by atoms with Crippen molar-refractivity contribution in [2.24, 2.45) is 0 Å². The van der Waals surface area contributed by atoms with Crippen LogP contribution in [-0.4, -0.2) is 28.7 Å². The molecule has 128 valence electrons. The van der Waals surface area contributed by atoms with Crippen LogP contribution >= 0.6 is 0 Å². The molecular formula is C18H18N4O3. The quantitative estimate of drug-likeness (QED) is 0.763. The zero-order valence-electron chi connectivity index (χ0n) is 13.5. The van der Waals surface area contributed by atoms with Crippen LogP contribution in [0.15, 0.2) is 48.7 Å². The van der Waals surface area contributed by atoms with Crippen molar-refractivity contribution < 1.29 is 14.4 Å². The number of carbonyl (C=O) groups excluding carboxylic acids is 3. The second-order valence-electron chi connectivity index (χ2n) is 5.70. The lowest BCUT2D eigenvalue weighted by molar-refractivity contribution is -0.122. The Morgan fingerprint density at radius 2 is 1.92 bits per heavy atom. The third-order valence-corrected chi connectivity index (χ3v) is 3.90. The number of anilines is 1. The maximum absolute atomic E-state index is 12.2. The number of pyridine rings is 1. The first-order chi connectivity index (χ1) is 12.1. The molecule has 2 heterocycles. The molecule has 0 aliphatic carbocycles. The second kappa shape index (κ2) is 7.57. The molecule has 3 amide bonds. The first kappa shape index (κ1) is 16.6. The molecule has 1 aliphatic heterocycles. The number of para-hydroxylation sites is 1. The van der Waals surface area contributed by atoms with E-state index in [-0.39, 0.29) is 30.6 Å². The minimum Gasteiger partial charge on any atom is -0.350 e. The van der Waals surface area contributed by atoms with Crippen molar-refractivity contribution >= 4 is 23.4 Å². The summed E-state index contributed by atoms with van der Waals surface area (Å²) in [5.74, 6) is -0.849. The van der Waals surface area contributed by atoms with Gasteiger partial charge >= 0.3 is 0 Å². The molecule has 1 aromatic carbocycles. The maximum atomic E-state index is 12.2. The zero-order chi connectivity index (χ0) is 17.6. The number of amides is 3. The lowest BCUT2D eigenvalue weighted by Gasteiger charge is -2.14. The van der Waals surface area contributed by atoms with E-state index in [0.717, 1.165) is 5.69 Å². The van der Waals surface area contributed by atoms with Crippen LogP contribution in [0.2, 0.25) is 0 Å². The number of hydrogen-bond acceptors (Lipinski definition) is 4. The standard InChI is InChI=1S/C18H18N4O3/c23-16(20-11-12-5-3-4-10-19-12)9-8-15-18(25)21-14-7-2-1-6-13(14)17(24)22-15/h1-7,10,15H,8-9,11H2,(H,20,23)(H,21,25)(H,22,24). The van der Waals surface area contributed by atoms with Gasteiger partial charge in [0.15, 0.2) is 0 Å². The normalized spacial score (nSPS) is 16.2. The summed E-state index contributed by atoms with van der Waals surface area (Å²) in [4.78, 5) is 40.5. The van der Waals surface area contributed by atoms with Gasteiger partial charge in [-0.05, 0) is 30.7 Å². The summed E-state index contributed by atoms with van der Waals surface area (Å²) in [6.07, 6.45) is 2.01. The number of nitrogens with zero attached hydrogens (tertiary/aromatic N) is 1. The smallest absolute Gasteiger partial charge is 0.254 e. The summed E-state index contributed by atoms with van der Waals surface area (Å²) in [5, 5.41) is 8.14. The van der Waals surface area contributed by atoms with Crippen molar-refractivity contribution in [1.29, 1.82) is 0 Å². The maximum Gasteiger partial charge on any atom is 0.254 e. The van der Waals surface area contributed by atoms with Gasteiger partial charge in [0.2, 0.25) is 11.8 Å². The topological polar surface area (TPSA) is 100 Å². The lowest BCUT2D eigenvalue weighted by atomic mass is 10.1. The van der Waals surface area contributed by atoms with Gasteiger partial charge < -0.3 is 16.0 Å². The van der Waals surface area contributed by atoms with Crippen LogP contribution in [-0.2, 0) is 16.1 Å². The lowest BCUT2D eigenvalue weighted by Crippen LogP contribution is -2.42. The molecule has 0 fully saturated rings. The molecule has 1 unspecified atom stereocenters. The average Bonchev–Trinajstić information content (AvgIpc) is 2.75. The number of carbonyl (C=O) groups is 3. The fraction of sp³-hybridized carbons (Fsp3) is 0.222. The number of aromatic nitrogens is 1. The minimum absolute atomic E-state index is 0.127. The van der Waals surface area contributed by atoms with Crippen LogP contribution in [0.1, 0.15) is 28.9 Å². The predicted octanol–water partition coefficient (Wildman–Crippen LogP) is 1.23. The van der Waals surface area contributed by atoms with E-state index in [2.05, 4.69) is 20.9 Å². The molecule has 3 rings (SSSR count). The van der Waals surface area contributed by atoms with Gasteiger partial charge in [0, 0.05) is 12.6 Å². The Morgan fingerprint density at radius 3 is 2.72 bits per heavy atom. The SMILES string of the molecule is O=C(CCC1NC(=O)c2ccccc2NC1=O)NCc1ccccn1. The number of rotatable bonds is 5. The molecule has 0 saturated heterocycles. The van der Waals surface area contributed by atoms with Crippen LogP contribution in [0.25, 0.3) is 0 Å². The molecule has 7 heteroatoms. The highest BCUT2D eigenvalue weighted by Gasteiger charge is 2.27. The van der Waals surface area contributed by atoms with Crippen LogP contribution in [0, 0.1) is 0 Å². The Kier molecular flexibility index (Phi) is 5.03. The molecule has 0 bridgehead atoms. The summed E-state index contributed by atoms with van der Waals surface area (Å²) in [7, 11) is 0.